The van der Waals surface area contributed by atoms with E-state index in [-0.39, 0.29) is 27.9 Å². The molecule has 0 aliphatic carbocycles. The number of allylic oxidation sites excluding steroid dienone is 2. The van der Waals surface area contributed by atoms with E-state index in [4.69, 9.17) is 11.6 Å². The van der Waals surface area contributed by atoms with Crippen LogP contribution in [-0.2, 0) is 14.6 Å². The van der Waals surface area contributed by atoms with Gasteiger partial charge in [0.25, 0.3) is 0 Å². The summed E-state index contributed by atoms with van der Waals surface area (Å²) in [6.07, 6.45) is 5.49. The van der Waals surface area contributed by atoms with E-state index >= 15 is 0 Å². The van der Waals surface area contributed by atoms with Crippen molar-refractivity contribution in [1.82, 2.24) is 4.90 Å². The summed E-state index contributed by atoms with van der Waals surface area (Å²) < 4.78 is 39.0. The first kappa shape index (κ1) is 22.2. The summed E-state index contributed by atoms with van der Waals surface area (Å²) in [6, 6.07) is 10.7. The topological polar surface area (TPSA) is 54.5 Å². The first-order valence-corrected chi connectivity index (χ1v) is 11.6. The molecule has 0 amide bonds. The fourth-order valence-electron chi connectivity index (χ4n) is 3.41. The Balaban J connectivity index is 2.00. The van der Waals surface area contributed by atoms with E-state index in [1.165, 1.54) is 18.2 Å². The number of sulfone groups is 1. The van der Waals surface area contributed by atoms with Gasteiger partial charge in [0, 0.05) is 42.7 Å². The van der Waals surface area contributed by atoms with Crippen molar-refractivity contribution in [3.8, 4) is 0 Å². The Kier molecular flexibility index (Phi) is 6.78. The van der Waals surface area contributed by atoms with Crippen LogP contribution in [0.1, 0.15) is 30.4 Å². The van der Waals surface area contributed by atoms with Gasteiger partial charge in [0.15, 0.2) is 15.6 Å². The third-order valence-electron chi connectivity index (χ3n) is 5.12. The van der Waals surface area contributed by atoms with Crippen molar-refractivity contribution >= 4 is 27.2 Å². The summed E-state index contributed by atoms with van der Waals surface area (Å²) in [5.74, 6) is -1.21. The predicted molar refractivity (Wildman–Crippen MR) is 117 cm³/mol. The highest BCUT2D eigenvalue weighted by Crippen LogP contribution is 2.33. The molecule has 2 aromatic carbocycles. The summed E-state index contributed by atoms with van der Waals surface area (Å²) in [4.78, 5) is 15.1. The maximum atomic E-state index is 14.7. The lowest BCUT2D eigenvalue weighted by Gasteiger charge is -2.21. The molecule has 0 N–H and O–H groups in total. The Morgan fingerprint density at radius 1 is 1.20 bits per heavy atom. The van der Waals surface area contributed by atoms with E-state index in [1.807, 2.05) is 18.0 Å². The minimum absolute atomic E-state index is 0.00587. The molecule has 2 aromatic rings. The third kappa shape index (κ3) is 4.99. The van der Waals surface area contributed by atoms with Gasteiger partial charge >= 0.3 is 0 Å². The molecule has 0 spiro atoms. The Morgan fingerprint density at radius 3 is 2.50 bits per heavy atom. The van der Waals surface area contributed by atoms with Crippen LogP contribution >= 0.6 is 11.6 Å². The summed E-state index contributed by atoms with van der Waals surface area (Å²) in [7, 11) is -1.47. The highest BCUT2D eigenvalue weighted by molar-refractivity contribution is 7.91. The lowest BCUT2D eigenvalue weighted by Crippen LogP contribution is -2.19. The zero-order chi connectivity index (χ0) is 21.9. The molecule has 0 radical (unpaired) electrons. The van der Waals surface area contributed by atoms with E-state index in [2.05, 4.69) is 0 Å². The van der Waals surface area contributed by atoms with Gasteiger partial charge in [-0.05, 0) is 35.4 Å². The molecule has 0 aromatic heterocycles. The normalized spacial score (nSPS) is 15.1. The number of hydrogen-bond donors (Lipinski definition) is 0. The number of carbonyl (C=O) groups excluding carboxylic acids is 1. The Labute approximate surface area is 181 Å². The minimum Gasteiger partial charge on any atom is -0.376 e. The van der Waals surface area contributed by atoms with Gasteiger partial charge in [0.2, 0.25) is 0 Å². The summed E-state index contributed by atoms with van der Waals surface area (Å²) in [6.45, 7) is 2.30. The number of benzene rings is 2. The van der Waals surface area contributed by atoms with Crippen LogP contribution in [0.2, 0.25) is 5.02 Å². The molecule has 1 heterocycles. The van der Waals surface area contributed by atoms with Crippen molar-refractivity contribution in [3.05, 3.63) is 88.4 Å². The molecule has 158 valence electrons. The predicted octanol–water partition coefficient (Wildman–Crippen LogP) is 4.75. The van der Waals surface area contributed by atoms with Gasteiger partial charge in [-0.3, -0.25) is 4.79 Å². The summed E-state index contributed by atoms with van der Waals surface area (Å²) >= 11 is 5.90. The Bertz CT molecular complexity index is 1110. The molecule has 3 rings (SSSR count). The average Bonchev–Trinajstić information content (AvgIpc) is 2.72. The van der Waals surface area contributed by atoms with Crippen LogP contribution in [0.3, 0.4) is 0 Å². The second kappa shape index (κ2) is 9.14. The maximum Gasteiger partial charge on any atom is 0.178 e. The summed E-state index contributed by atoms with van der Waals surface area (Å²) in [5, 5.41) is 0.269. The van der Waals surface area contributed by atoms with Gasteiger partial charge in [0.05, 0.1) is 10.6 Å². The largest absolute Gasteiger partial charge is 0.376 e. The zero-order valence-corrected chi connectivity index (χ0v) is 18.4. The number of likely N-dealkylation sites (N-methyl/N-ethyl adjacent to an activating group) is 1. The van der Waals surface area contributed by atoms with Gasteiger partial charge in [0.1, 0.15) is 5.82 Å². The van der Waals surface area contributed by atoms with Crippen LogP contribution in [0, 0.1) is 5.82 Å². The molecule has 7 heteroatoms. The highest BCUT2D eigenvalue weighted by Gasteiger charge is 2.24. The van der Waals surface area contributed by atoms with Crippen LogP contribution in [0.5, 0.6) is 0 Å². The van der Waals surface area contributed by atoms with Crippen LogP contribution < -0.4 is 0 Å². The number of rotatable bonds is 7. The first-order valence-electron chi connectivity index (χ1n) is 9.60. The molecule has 30 heavy (non-hydrogen) atoms. The van der Waals surface area contributed by atoms with E-state index in [1.54, 1.807) is 43.5 Å². The van der Waals surface area contributed by atoms with Crippen molar-refractivity contribution in [2.24, 2.45) is 0 Å². The molecular formula is C23H23ClFNO3S. The fraction of sp³-hybridized carbons (Fsp3) is 0.261. The Hall–Kier alpha value is -2.44. The third-order valence-corrected chi connectivity index (χ3v) is 7.11. The monoisotopic (exact) mass is 447 g/mol. The molecular weight excluding hydrogens is 425 g/mol. The highest BCUT2D eigenvalue weighted by atomic mass is 35.5. The molecule has 0 saturated heterocycles. The average molecular weight is 448 g/mol. The molecule has 4 nitrogen and oxygen atoms in total. The zero-order valence-electron chi connectivity index (χ0n) is 16.8. The number of ketones is 1. The number of nitrogens with zero attached hydrogens (tertiary/aromatic N) is 1. The van der Waals surface area contributed by atoms with Crippen molar-refractivity contribution < 1.29 is 17.6 Å². The molecule has 1 aliphatic heterocycles. The SMILES string of the molecule is CCS(=O)(=O)c1ccc(C(CC(=O)C2=CN(C)CC=C2)c2ccc(Cl)cc2F)cc1. The van der Waals surface area contributed by atoms with Crippen LogP contribution in [0.25, 0.3) is 0 Å². The lowest BCUT2D eigenvalue weighted by atomic mass is 9.85. The van der Waals surface area contributed by atoms with E-state index < -0.39 is 21.6 Å². The van der Waals surface area contributed by atoms with Crippen LogP contribution in [-0.4, -0.2) is 38.4 Å². The van der Waals surface area contributed by atoms with Crippen molar-refractivity contribution in [2.45, 2.75) is 24.2 Å². The van der Waals surface area contributed by atoms with Crippen LogP contribution in [0.4, 0.5) is 4.39 Å². The second-order valence-corrected chi connectivity index (χ2v) is 9.96. The lowest BCUT2D eigenvalue weighted by molar-refractivity contribution is -0.115. The van der Waals surface area contributed by atoms with Gasteiger partial charge < -0.3 is 4.90 Å². The van der Waals surface area contributed by atoms with Crippen molar-refractivity contribution in [2.75, 3.05) is 19.3 Å². The number of hydrogen-bond acceptors (Lipinski definition) is 4. The molecule has 0 saturated carbocycles. The van der Waals surface area contributed by atoms with Crippen LogP contribution in [0.15, 0.2) is 71.3 Å². The number of halogens is 2. The quantitative estimate of drug-likeness (QED) is 0.614. The van der Waals surface area contributed by atoms with Crippen molar-refractivity contribution in [1.29, 1.82) is 0 Å². The molecule has 0 bridgehead atoms. The van der Waals surface area contributed by atoms with E-state index in [0.29, 0.717) is 16.7 Å². The molecule has 1 atom stereocenters. The molecule has 1 unspecified atom stereocenters. The molecule has 1 aliphatic rings. The number of Topliss-reactive ketones (excluding diaryl/α,β-unsaturated/α-hetero) is 1. The fourth-order valence-corrected chi connectivity index (χ4v) is 4.46. The van der Waals surface area contributed by atoms with Gasteiger partial charge in [-0.2, -0.15) is 0 Å². The molecule has 0 fully saturated rings. The second-order valence-electron chi connectivity index (χ2n) is 7.24. The smallest absolute Gasteiger partial charge is 0.178 e. The minimum atomic E-state index is -3.35. The van der Waals surface area contributed by atoms with Gasteiger partial charge in [-0.1, -0.05) is 48.9 Å². The van der Waals surface area contributed by atoms with E-state index in [9.17, 15) is 17.6 Å². The maximum absolute atomic E-state index is 14.7. The van der Waals surface area contributed by atoms with Gasteiger partial charge in [-0.25, -0.2) is 12.8 Å². The standard InChI is InChI=1S/C23H23ClFNO3S/c1-3-30(28,29)19-9-6-16(7-10-19)21(20-11-8-18(24)13-22(20)25)14-23(27)17-5-4-12-26(2)15-17/h4-11,13,15,21H,3,12,14H2,1-2H3. The first-order chi connectivity index (χ1) is 14.2. The Morgan fingerprint density at radius 2 is 1.90 bits per heavy atom. The van der Waals surface area contributed by atoms with Crippen molar-refractivity contribution in [3.63, 3.8) is 0 Å². The van der Waals surface area contributed by atoms with E-state index in [0.717, 1.165) is 6.54 Å². The number of carbonyl (C=O) groups is 1. The summed E-state index contributed by atoms with van der Waals surface area (Å²) in [5.41, 5.74) is 1.55. The van der Waals surface area contributed by atoms with Gasteiger partial charge in [-0.15, -0.1) is 0 Å².